The van der Waals surface area contributed by atoms with Crippen LogP contribution in [0, 0.1) is 17.8 Å². The summed E-state index contributed by atoms with van der Waals surface area (Å²) in [6.45, 7) is 5.26. The maximum atomic E-state index is 11.4. The number of piperazine rings is 1. The lowest BCUT2D eigenvalue weighted by atomic mass is 9.78. The van der Waals surface area contributed by atoms with Crippen LogP contribution in [0.2, 0.25) is 0 Å². The minimum absolute atomic E-state index is 0.345. The van der Waals surface area contributed by atoms with Crippen molar-refractivity contribution in [2.45, 2.75) is 37.7 Å². The van der Waals surface area contributed by atoms with Gasteiger partial charge in [-0.2, -0.15) is 0 Å². The fraction of sp³-hybridized carbons (Fsp3) is 0.619. The molecule has 1 aromatic rings. The summed E-state index contributed by atoms with van der Waals surface area (Å²) in [6.07, 6.45) is 5.25. The van der Waals surface area contributed by atoms with E-state index in [4.69, 9.17) is 0 Å². The summed E-state index contributed by atoms with van der Waals surface area (Å²) in [5, 5.41) is 11.4. The smallest absolute Gasteiger partial charge is 0.103 e. The maximum Gasteiger partial charge on any atom is 0.103 e. The third kappa shape index (κ3) is 4.19. The second kappa shape index (κ2) is 8.16. The molecule has 3 nitrogen and oxygen atoms in total. The Balaban J connectivity index is 1.64. The monoisotopic (exact) mass is 326 g/mol. The molecule has 3 rings (SSSR count). The van der Waals surface area contributed by atoms with E-state index in [2.05, 4.69) is 40.8 Å². The molecule has 1 atom stereocenters. The molecule has 0 radical (unpaired) electrons. The van der Waals surface area contributed by atoms with Crippen LogP contribution in [-0.4, -0.2) is 54.7 Å². The second-order valence-corrected chi connectivity index (χ2v) is 7.38. The van der Waals surface area contributed by atoms with Crippen LogP contribution in [0.15, 0.2) is 30.3 Å². The van der Waals surface area contributed by atoms with Gasteiger partial charge in [-0.1, -0.05) is 55.0 Å². The topological polar surface area (TPSA) is 26.7 Å². The Morgan fingerprint density at radius 2 is 1.71 bits per heavy atom. The number of hydrogen-bond acceptors (Lipinski definition) is 3. The fourth-order valence-electron chi connectivity index (χ4n) is 3.98. The zero-order valence-corrected chi connectivity index (χ0v) is 14.9. The van der Waals surface area contributed by atoms with E-state index in [-0.39, 0.29) is 0 Å². The fourth-order valence-corrected chi connectivity index (χ4v) is 3.98. The summed E-state index contributed by atoms with van der Waals surface area (Å²) in [7, 11) is 2.17. The van der Waals surface area contributed by atoms with Crippen molar-refractivity contribution in [1.82, 2.24) is 9.80 Å². The molecule has 0 bridgehead atoms. The van der Waals surface area contributed by atoms with Crippen LogP contribution in [0.1, 0.15) is 37.7 Å². The van der Waals surface area contributed by atoms with Crippen molar-refractivity contribution in [3.05, 3.63) is 35.9 Å². The average Bonchev–Trinajstić information content (AvgIpc) is 3.16. The maximum absolute atomic E-state index is 11.4. The highest BCUT2D eigenvalue weighted by Gasteiger charge is 2.39. The molecule has 1 saturated heterocycles. The molecule has 0 unspecified atom stereocenters. The Morgan fingerprint density at radius 3 is 2.38 bits per heavy atom. The highest BCUT2D eigenvalue weighted by molar-refractivity contribution is 5.26. The van der Waals surface area contributed by atoms with Gasteiger partial charge in [0.2, 0.25) is 0 Å². The molecule has 0 amide bonds. The van der Waals surface area contributed by atoms with Crippen LogP contribution < -0.4 is 0 Å². The summed E-state index contributed by atoms with van der Waals surface area (Å²) >= 11 is 0. The van der Waals surface area contributed by atoms with E-state index in [1.165, 1.54) is 12.8 Å². The summed E-state index contributed by atoms with van der Waals surface area (Å²) in [4.78, 5) is 4.77. The van der Waals surface area contributed by atoms with Crippen molar-refractivity contribution in [2.24, 2.45) is 5.92 Å². The standard InChI is InChI=1S/C21H30N2O/c1-22-15-17-23(18-16-22)14-8-7-13-21(24,20-11-5-6-12-20)19-9-3-2-4-10-19/h2-4,9-10,20,24H,5-6,11-18H2,1H3/t21-/m1/s1. The lowest BCUT2D eigenvalue weighted by molar-refractivity contribution is -0.0173. The molecular formula is C21H30N2O. The normalized spacial score (nSPS) is 22.8. The third-order valence-electron chi connectivity index (χ3n) is 5.69. The molecule has 2 fully saturated rings. The minimum Gasteiger partial charge on any atom is -0.384 e. The Morgan fingerprint density at radius 1 is 1.04 bits per heavy atom. The molecule has 0 spiro atoms. The van der Waals surface area contributed by atoms with Gasteiger partial charge in [0, 0.05) is 32.6 Å². The van der Waals surface area contributed by atoms with Crippen LogP contribution in [0.3, 0.4) is 0 Å². The summed E-state index contributed by atoms with van der Waals surface area (Å²) in [5.41, 5.74) is 0.248. The van der Waals surface area contributed by atoms with Crippen LogP contribution in [0.4, 0.5) is 0 Å². The van der Waals surface area contributed by atoms with Crippen molar-refractivity contribution >= 4 is 0 Å². The van der Waals surface area contributed by atoms with Gasteiger partial charge in [0.25, 0.3) is 0 Å². The van der Waals surface area contributed by atoms with Crippen molar-refractivity contribution in [2.75, 3.05) is 39.8 Å². The largest absolute Gasteiger partial charge is 0.384 e. The van der Waals surface area contributed by atoms with E-state index in [1.54, 1.807) is 0 Å². The average molecular weight is 326 g/mol. The second-order valence-electron chi connectivity index (χ2n) is 7.38. The molecule has 2 aliphatic rings. The predicted octanol–water partition coefficient (Wildman–Crippen LogP) is 2.71. The zero-order valence-electron chi connectivity index (χ0n) is 14.9. The Bertz CT molecular complexity index is 562. The van der Waals surface area contributed by atoms with Gasteiger partial charge in [0.1, 0.15) is 5.60 Å². The zero-order chi connectivity index (χ0) is 16.8. The molecule has 0 aromatic heterocycles. The van der Waals surface area contributed by atoms with Crippen LogP contribution in [0.5, 0.6) is 0 Å². The van der Waals surface area contributed by atoms with Crippen molar-refractivity contribution in [1.29, 1.82) is 0 Å². The number of likely N-dealkylation sites (N-methyl/N-ethyl adjacent to an activating group) is 1. The number of benzene rings is 1. The molecule has 3 heteroatoms. The lowest BCUT2D eigenvalue weighted by Crippen LogP contribution is -2.44. The van der Waals surface area contributed by atoms with Gasteiger partial charge in [0.05, 0.1) is 6.54 Å². The first kappa shape index (κ1) is 17.5. The van der Waals surface area contributed by atoms with Gasteiger partial charge >= 0.3 is 0 Å². The van der Waals surface area contributed by atoms with Crippen molar-refractivity contribution in [3.8, 4) is 11.8 Å². The van der Waals surface area contributed by atoms with Crippen LogP contribution in [0.25, 0.3) is 0 Å². The van der Waals surface area contributed by atoms with Gasteiger partial charge in [-0.25, -0.2) is 0 Å². The summed E-state index contributed by atoms with van der Waals surface area (Å²) < 4.78 is 0. The first-order chi connectivity index (χ1) is 11.7. The van der Waals surface area contributed by atoms with E-state index < -0.39 is 5.60 Å². The quantitative estimate of drug-likeness (QED) is 0.862. The van der Waals surface area contributed by atoms with E-state index in [9.17, 15) is 5.11 Å². The van der Waals surface area contributed by atoms with Gasteiger partial charge in [-0.3, -0.25) is 4.90 Å². The minimum atomic E-state index is -0.785. The lowest BCUT2D eigenvalue weighted by Gasteiger charge is -2.33. The number of nitrogens with zero attached hydrogens (tertiary/aromatic N) is 2. The van der Waals surface area contributed by atoms with E-state index >= 15 is 0 Å². The number of aliphatic hydroxyl groups is 1. The molecule has 1 N–H and O–H groups in total. The first-order valence-corrected chi connectivity index (χ1v) is 9.33. The molecular weight excluding hydrogens is 296 g/mol. The van der Waals surface area contributed by atoms with Crippen molar-refractivity contribution < 1.29 is 5.11 Å². The van der Waals surface area contributed by atoms with Crippen molar-refractivity contribution in [3.63, 3.8) is 0 Å². The summed E-state index contributed by atoms with van der Waals surface area (Å²) in [5.74, 6) is 6.97. The molecule has 1 heterocycles. The van der Waals surface area contributed by atoms with Gasteiger partial charge < -0.3 is 10.0 Å². The highest BCUT2D eigenvalue weighted by Crippen LogP contribution is 2.42. The number of rotatable bonds is 4. The van der Waals surface area contributed by atoms with Gasteiger partial charge in [0.15, 0.2) is 0 Å². The Kier molecular flexibility index (Phi) is 5.94. The van der Waals surface area contributed by atoms with E-state index in [0.717, 1.165) is 51.1 Å². The summed E-state index contributed by atoms with van der Waals surface area (Å²) in [6, 6.07) is 10.2. The number of hydrogen-bond donors (Lipinski definition) is 1. The Hall–Kier alpha value is -1.34. The molecule has 1 aromatic carbocycles. The van der Waals surface area contributed by atoms with Gasteiger partial charge in [-0.05, 0) is 31.4 Å². The van der Waals surface area contributed by atoms with E-state index in [0.29, 0.717) is 12.3 Å². The highest BCUT2D eigenvalue weighted by atomic mass is 16.3. The SMILES string of the molecule is CN1CCN(CC#CC[C@@](O)(c2ccccc2)C2CCCC2)CC1. The van der Waals surface area contributed by atoms with Crippen LogP contribution in [-0.2, 0) is 5.60 Å². The van der Waals surface area contributed by atoms with E-state index in [1.807, 2.05) is 18.2 Å². The molecule has 1 aliphatic heterocycles. The molecule has 1 saturated carbocycles. The predicted molar refractivity (Wildman–Crippen MR) is 98.6 cm³/mol. The van der Waals surface area contributed by atoms with Crippen LogP contribution >= 0.6 is 0 Å². The first-order valence-electron chi connectivity index (χ1n) is 9.33. The Labute approximate surface area is 146 Å². The van der Waals surface area contributed by atoms with Gasteiger partial charge in [-0.15, -0.1) is 0 Å². The third-order valence-corrected chi connectivity index (χ3v) is 5.69. The molecule has 24 heavy (non-hydrogen) atoms. The molecule has 130 valence electrons. The molecule has 1 aliphatic carbocycles.